The van der Waals surface area contributed by atoms with E-state index in [9.17, 15) is 24.3 Å². The number of methoxy groups -OCH3 is 1. The normalized spacial score (nSPS) is 11.9. The summed E-state index contributed by atoms with van der Waals surface area (Å²) in [6.07, 6.45) is 39.6. The van der Waals surface area contributed by atoms with Crippen molar-refractivity contribution in [2.45, 2.75) is 233 Å². The van der Waals surface area contributed by atoms with E-state index in [1.165, 1.54) is 38.5 Å². The van der Waals surface area contributed by atoms with Crippen LogP contribution in [0.4, 0.5) is 0 Å². The van der Waals surface area contributed by atoms with Gasteiger partial charge in [0.05, 0.1) is 12.5 Å². The lowest BCUT2D eigenvalue weighted by atomic mass is 10.1. The van der Waals surface area contributed by atoms with Crippen LogP contribution < -0.4 is 0 Å². The van der Waals surface area contributed by atoms with Crippen molar-refractivity contribution < 1.29 is 52.7 Å². The lowest BCUT2D eigenvalue weighted by Gasteiger charge is -2.21. The predicted octanol–water partition coefficient (Wildman–Crippen LogP) is 13.0. The molecule has 12 heteroatoms. The third-order valence-electron chi connectivity index (χ3n) is 11.5. The van der Waals surface area contributed by atoms with E-state index < -0.39 is 0 Å². The van der Waals surface area contributed by atoms with Gasteiger partial charge in [-0.2, -0.15) is 0 Å². The minimum absolute atomic E-state index is 0.0575. The molecule has 0 amide bonds. The maximum absolute atomic E-state index is 12.5. The van der Waals surface area contributed by atoms with Crippen LogP contribution in [-0.4, -0.2) is 113 Å². The van der Waals surface area contributed by atoms with E-state index >= 15 is 0 Å². The number of esters is 3. The molecule has 1 atom stereocenters. The quantitative estimate of drug-likeness (QED) is 0.0154. The molecule has 0 radical (unpaired) electrons. The fourth-order valence-corrected chi connectivity index (χ4v) is 7.26. The van der Waals surface area contributed by atoms with Crippen molar-refractivity contribution in [3.05, 3.63) is 24.3 Å². The Balaban J connectivity index is 0. The first-order valence-electron chi connectivity index (χ1n) is 27.6. The van der Waals surface area contributed by atoms with Gasteiger partial charge in [0.1, 0.15) is 26.1 Å². The van der Waals surface area contributed by atoms with Crippen LogP contribution >= 0.6 is 0 Å². The minimum Gasteiger partial charge on any atom is -0.465 e. The Hall–Kier alpha value is -2.64. The lowest BCUT2D eigenvalue weighted by Crippen LogP contribution is -2.29. The third kappa shape index (κ3) is 52.7. The van der Waals surface area contributed by atoms with E-state index in [4.69, 9.17) is 28.4 Å². The zero-order chi connectivity index (χ0) is 50.2. The Labute approximate surface area is 416 Å². The summed E-state index contributed by atoms with van der Waals surface area (Å²) in [5, 5.41) is 9.41. The molecule has 0 aromatic heterocycles. The fourth-order valence-electron chi connectivity index (χ4n) is 7.26. The van der Waals surface area contributed by atoms with Crippen LogP contribution in [0.15, 0.2) is 24.3 Å². The highest BCUT2D eigenvalue weighted by atomic mass is 16.7. The Kier molecular flexibility index (Phi) is 56.5. The minimum atomic E-state index is -0.380. The molecule has 0 saturated heterocycles. The Morgan fingerprint density at radius 1 is 0.485 bits per heavy atom. The number of aldehydes is 1. The first kappa shape index (κ1) is 67.4. The zero-order valence-electron chi connectivity index (χ0n) is 44.5. The highest BCUT2D eigenvalue weighted by Crippen LogP contribution is 2.13. The van der Waals surface area contributed by atoms with Gasteiger partial charge in [0.2, 0.25) is 0 Å². The second-order valence-corrected chi connectivity index (χ2v) is 18.0. The van der Waals surface area contributed by atoms with E-state index in [0.29, 0.717) is 51.9 Å². The molecule has 0 aromatic carbocycles. The highest BCUT2D eigenvalue weighted by molar-refractivity contribution is 5.70. The molecular weight excluding hydrogens is 863 g/mol. The molecule has 1 unspecified atom stereocenters. The van der Waals surface area contributed by atoms with Gasteiger partial charge in [-0.1, -0.05) is 129 Å². The summed E-state index contributed by atoms with van der Waals surface area (Å²) >= 11 is 0. The number of rotatable bonds is 51. The van der Waals surface area contributed by atoms with Gasteiger partial charge in [0.15, 0.2) is 6.29 Å². The van der Waals surface area contributed by atoms with Crippen LogP contribution in [-0.2, 0) is 47.6 Å². The molecule has 0 spiro atoms. The lowest BCUT2D eigenvalue weighted by molar-refractivity contribution is -0.153. The topological polar surface area (TPSA) is 147 Å². The molecule has 1 N–H and O–H groups in total. The number of aliphatic hydroxyl groups excluding tert-OH is 1. The number of hydrogen-bond donors (Lipinski definition) is 1. The predicted molar refractivity (Wildman–Crippen MR) is 278 cm³/mol. The number of aliphatic hydroxyl groups is 1. The molecule has 0 aromatic rings. The largest absolute Gasteiger partial charge is 0.465 e. The van der Waals surface area contributed by atoms with Crippen molar-refractivity contribution >= 4 is 24.2 Å². The molecule has 0 fully saturated rings. The van der Waals surface area contributed by atoms with Gasteiger partial charge in [-0.15, -0.1) is 0 Å². The van der Waals surface area contributed by atoms with Gasteiger partial charge in [-0.25, -0.2) is 0 Å². The average molecular weight is 968 g/mol. The van der Waals surface area contributed by atoms with Crippen molar-refractivity contribution in [3.63, 3.8) is 0 Å². The SMILES string of the molecule is CC/C=C\CCCCOC(CCC=O)OCCCC/C=C\CC.CCCCCCCCC(=O)OCC(COC(=O)CCCCCC)COC(=O)CCCCCN(CCO)CCCCCCCOC. The van der Waals surface area contributed by atoms with Crippen molar-refractivity contribution in [1.82, 2.24) is 4.90 Å². The maximum Gasteiger partial charge on any atom is 0.305 e. The number of hydrogen-bond acceptors (Lipinski definition) is 12. The van der Waals surface area contributed by atoms with Gasteiger partial charge < -0.3 is 43.2 Å². The van der Waals surface area contributed by atoms with Crippen LogP contribution in [0.3, 0.4) is 0 Å². The number of nitrogens with zero attached hydrogens (tertiary/aromatic N) is 1. The summed E-state index contributed by atoms with van der Waals surface area (Å²) in [5.74, 6) is -1.19. The number of carbonyl (C=O) groups is 4. The van der Waals surface area contributed by atoms with Crippen molar-refractivity contribution in [3.8, 4) is 0 Å². The average Bonchev–Trinajstić information content (AvgIpc) is 3.34. The summed E-state index contributed by atoms with van der Waals surface area (Å²) in [6.45, 7) is 13.8. The van der Waals surface area contributed by atoms with Crippen LogP contribution in [0.25, 0.3) is 0 Å². The molecule has 0 saturated carbocycles. The number of carbonyl (C=O) groups excluding carboxylic acids is 4. The first-order valence-corrected chi connectivity index (χ1v) is 27.6. The molecule has 0 aliphatic carbocycles. The Bertz CT molecular complexity index is 1130. The number of allylic oxidation sites excluding steroid dienone is 4. The molecule has 12 nitrogen and oxygen atoms in total. The fraction of sp³-hybridized carbons (Fsp3) is 0.857. The monoisotopic (exact) mass is 968 g/mol. The van der Waals surface area contributed by atoms with Crippen molar-refractivity contribution in [1.29, 1.82) is 0 Å². The van der Waals surface area contributed by atoms with E-state index in [1.54, 1.807) is 7.11 Å². The van der Waals surface area contributed by atoms with Crippen molar-refractivity contribution in [2.75, 3.05) is 73.0 Å². The van der Waals surface area contributed by atoms with Gasteiger partial charge in [0.25, 0.3) is 0 Å². The zero-order valence-corrected chi connectivity index (χ0v) is 44.5. The molecule has 0 bridgehead atoms. The molecule has 0 aliphatic heterocycles. The first-order chi connectivity index (χ1) is 33.3. The van der Waals surface area contributed by atoms with Crippen LogP contribution in [0, 0.1) is 5.92 Å². The van der Waals surface area contributed by atoms with Gasteiger partial charge in [-0.05, 0) is 103 Å². The standard InChI is InChI=1S/C36H69NO8.C20H36O3/c1-4-6-8-10-12-17-23-35(40)44-31-33(30-43-34(39)22-16-9-7-5-2)32-45-36(41)24-18-15-20-26-37(27-28-38)25-19-13-11-14-21-29-42-3;1-3-5-7-9-11-13-18-22-20(16-15-17-21)23-19-14-12-10-8-6-4-2/h33,38H,4-32H2,1-3H3;5-8,17,20H,3-4,9-16,18-19H2,1-2H3/b;7-5-,8-6-. The van der Waals surface area contributed by atoms with E-state index in [2.05, 4.69) is 56.9 Å². The second kappa shape index (κ2) is 56.9. The molecule has 0 aliphatic rings. The highest BCUT2D eigenvalue weighted by Gasteiger charge is 2.18. The summed E-state index contributed by atoms with van der Waals surface area (Å²) in [6, 6.07) is 0. The smallest absolute Gasteiger partial charge is 0.305 e. The molecule has 68 heavy (non-hydrogen) atoms. The summed E-state index contributed by atoms with van der Waals surface area (Å²) in [4.78, 5) is 49.8. The summed E-state index contributed by atoms with van der Waals surface area (Å²) in [5.41, 5.74) is 0. The van der Waals surface area contributed by atoms with Crippen molar-refractivity contribution in [2.24, 2.45) is 5.92 Å². The van der Waals surface area contributed by atoms with Gasteiger partial charge >= 0.3 is 17.9 Å². The number of ether oxygens (including phenoxy) is 6. The molecule has 0 heterocycles. The van der Waals surface area contributed by atoms with Crippen LogP contribution in [0.5, 0.6) is 0 Å². The van der Waals surface area contributed by atoms with E-state index in [1.807, 2.05) is 0 Å². The second-order valence-electron chi connectivity index (χ2n) is 18.0. The number of unbranched alkanes of at least 4 members (excludes halogenated alkanes) is 18. The third-order valence-corrected chi connectivity index (χ3v) is 11.5. The molecule has 0 rings (SSSR count). The Morgan fingerprint density at radius 3 is 1.34 bits per heavy atom. The van der Waals surface area contributed by atoms with Gasteiger partial charge in [0, 0.05) is 65.6 Å². The van der Waals surface area contributed by atoms with Crippen LogP contribution in [0.2, 0.25) is 0 Å². The van der Waals surface area contributed by atoms with E-state index in [0.717, 1.165) is 154 Å². The van der Waals surface area contributed by atoms with E-state index in [-0.39, 0.29) is 56.5 Å². The summed E-state index contributed by atoms with van der Waals surface area (Å²) in [7, 11) is 1.74. The molecular formula is C56H105NO11. The maximum atomic E-state index is 12.5. The van der Waals surface area contributed by atoms with Crippen LogP contribution in [0.1, 0.15) is 227 Å². The van der Waals surface area contributed by atoms with Gasteiger partial charge in [-0.3, -0.25) is 14.4 Å². The Morgan fingerprint density at radius 2 is 0.897 bits per heavy atom. The molecule has 400 valence electrons. The summed E-state index contributed by atoms with van der Waals surface area (Å²) < 4.78 is 33.1.